The summed E-state index contributed by atoms with van der Waals surface area (Å²) in [5.74, 6) is 0.488. The second-order valence-corrected chi connectivity index (χ2v) is 5.37. The second kappa shape index (κ2) is 4.53. The molecule has 1 aliphatic rings. The minimum absolute atomic E-state index is 0.108. The van der Waals surface area contributed by atoms with Crippen LogP contribution in [-0.2, 0) is 0 Å². The molecule has 1 unspecified atom stereocenters. The van der Waals surface area contributed by atoms with Gasteiger partial charge in [-0.15, -0.1) is 11.3 Å². The van der Waals surface area contributed by atoms with Crippen molar-refractivity contribution in [2.75, 3.05) is 13.1 Å². The van der Waals surface area contributed by atoms with Crippen LogP contribution in [0.1, 0.15) is 33.4 Å². The fourth-order valence-corrected chi connectivity index (χ4v) is 3.11. The second-order valence-electron chi connectivity index (χ2n) is 4.52. The molecule has 0 spiro atoms. The molecule has 18 heavy (non-hydrogen) atoms. The van der Waals surface area contributed by atoms with Gasteiger partial charge in [0.05, 0.1) is 11.2 Å². The van der Waals surface area contributed by atoms with Crippen molar-refractivity contribution in [2.24, 2.45) is 0 Å². The highest BCUT2D eigenvalue weighted by molar-refractivity contribution is 7.11. The van der Waals surface area contributed by atoms with E-state index in [0.29, 0.717) is 5.92 Å². The van der Waals surface area contributed by atoms with E-state index in [1.165, 1.54) is 11.3 Å². The highest BCUT2D eigenvalue weighted by Gasteiger charge is 2.29. The van der Waals surface area contributed by atoms with Gasteiger partial charge in [-0.3, -0.25) is 9.89 Å². The summed E-state index contributed by atoms with van der Waals surface area (Å²) in [4.78, 5) is 19.1. The molecule has 3 heterocycles. The first-order chi connectivity index (χ1) is 8.75. The van der Waals surface area contributed by atoms with Crippen molar-refractivity contribution in [1.82, 2.24) is 20.1 Å². The first-order valence-electron chi connectivity index (χ1n) is 5.94. The van der Waals surface area contributed by atoms with Gasteiger partial charge in [-0.05, 0) is 19.4 Å². The van der Waals surface area contributed by atoms with Gasteiger partial charge in [0.25, 0.3) is 5.91 Å². The van der Waals surface area contributed by atoms with Gasteiger partial charge < -0.3 is 4.90 Å². The number of thiazole rings is 1. The zero-order valence-corrected chi connectivity index (χ0v) is 10.9. The van der Waals surface area contributed by atoms with Crippen molar-refractivity contribution in [3.8, 4) is 0 Å². The molecule has 0 saturated carbocycles. The van der Waals surface area contributed by atoms with Gasteiger partial charge in [-0.2, -0.15) is 5.10 Å². The third-order valence-corrected chi connectivity index (χ3v) is 4.29. The summed E-state index contributed by atoms with van der Waals surface area (Å²) in [7, 11) is 0. The lowest BCUT2D eigenvalue weighted by Gasteiger charge is -2.15. The number of amides is 1. The van der Waals surface area contributed by atoms with Crippen LogP contribution in [0.5, 0.6) is 0 Å². The molecule has 3 rings (SSSR count). The molecule has 1 N–H and O–H groups in total. The van der Waals surface area contributed by atoms with Crippen molar-refractivity contribution in [1.29, 1.82) is 0 Å². The van der Waals surface area contributed by atoms with Crippen molar-refractivity contribution >= 4 is 17.2 Å². The molecule has 2 aromatic rings. The summed E-state index contributed by atoms with van der Waals surface area (Å²) in [6, 6.07) is 1.98. The molecule has 1 saturated heterocycles. The molecule has 5 nitrogen and oxygen atoms in total. The van der Waals surface area contributed by atoms with E-state index >= 15 is 0 Å². The summed E-state index contributed by atoms with van der Waals surface area (Å²) in [6.45, 7) is 3.45. The normalized spacial score (nSPS) is 19.4. The summed E-state index contributed by atoms with van der Waals surface area (Å²) in [5.41, 5.74) is 3.67. The van der Waals surface area contributed by atoms with Gasteiger partial charge in [0, 0.05) is 30.9 Å². The number of aryl methyl sites for hydroxylation is 1. The monoisotopic (exact) mass is 262 g/mol. The van der Waals surface area contributed by atoms with Crippen LogP contribution in [0.3, 0.4) is 0 Å². The Morgan fingerprint density at radius 1 is 1.61 bits per heavy atom. The number of nitrogens with one attached hydrogen (secondary N) is 1. The lowest BCUT2D eigenvalue weighted by Crippen LogP contribution is -2.28. The molecule has 6 heteroatoms. The van der Waals surface area contributed by atoms with Crippen molar-refractivity contribution in [3.63, 3.8) is 0 Å². The summed E-state index contributed by atoms with van der Waals surface area (Å²) in [5, 5.41) is 6.95. The molecule has 0 radical (unpaired) electrons. The maximum Gasteiger partial charge on any atom is 0.265 e. The van der Waals surface area contributed by atoms with Crippen LogP contribution < -0.4 is 0 Å². The number of rotatable bonds is 2. The van der Waals surface area contributed by atoms with Crippen molar-refractivity contribution in [3.05, 3.63) is 34.0 Å². The van der Waals surface area contributed by atoms with Gasteiger partial charge in [-0.25, -0.2) is 4.98 Å². The maximum absolute atomic E-state index is 12.3. The quantitative estimate of drug-likeness (QED) is 0.897. The Kier molecular flexibility index (Phi) is 2.87. The number of hydrogen-bond acceptors (Lipinski definition) is 4. The van der Waals surface area contributed by atoms with E-state index in [9.17, 15) is 4.79 Å². The van der Waals surface area contributed by atoms with Crippen LogP contribution in [0.15, 0.2) is 17.8 Å². The fourth-order valence-electron chi connectivity index (χ4n) is 2.34. The average molecular weight is 262 g/mol. The number of carbonyl (C=O) groups is 1. The first kappa shape index (κ1) is 11.4. The average Bonchev–Trinajstić information content (AvgIpc) is 3.09. The van der Waals surface area contributed by atoms with E-state index < -0.39 is 0 Å². The molecular formula is C12H14N4OS. The molecule has 1 fully saturated rings. The zero-order chi connectivity index (χ0) is 12.5. The predicted octanol–water partition coefficient (Wildman–Crippen LogP) is 1.80. The van der Waals surface area contributed by atoms with Gasteiger partial charge in [0.2, 0.25) is 0 Å². The maximum atomic E-state index is 12.3. The number of H-pyrrole nitrogens is 1. The van der Waals surface area contributed by atoms with Crippen LogP contribution in [0.4, 0.5) is 0 Å². The Labute approximate surface area is 109 Å². The predicted molar refractivity (Wildman–Crippen MR) is 68.7 cm³/mol. The van der Waals surface area contributed by atoms with E-state index in [1.807, 2.05) is 17.9 Å². The lowest BCUT2D eigenvalue weighted by atomic mass is 10.1. The fraction of sp³-hybridized carbons (Fsp3) is 0.417. The van der Waals surface area contributed by atoms with Crippen LogP contribution in [0, 0.1) is 6.92 Å². The lowest BCUT2D eigenvalue weighted by molar-refractivity contribution is 0.0794. The van der Waals surface area contributed by atoms with E-state index in [4.69, 9.17) is 0 Å². The Balaban J connectivity index is 1.73. The van der Waals surface area contributed by atoms with Crippen LogP contribution >= 0.6 is 11.3 Å². The number of likely N-dealkylation sites (tertiary alicyclic amines) is 1. The van der Waals surface area contributed by atoms with Crippen molar-refractivity contribution in [2.45, 2.75) is 19.3 Å². The van der Waals surface area contributed by atoms with E-state index in [1.54, 1.807) is 11.7 Å². The molecule has 94 valence electrons. The smallest absolute Gasteiger partial charge is 0.265 e. The molecule has 0 bridgehead atoms. The topological polar surface area (TPSA) is 61.9 Å². The van der Waals surface area contributed by atoms with Gasteiger partial charge >= 0.3 is 0 Å². The van der Waals surface area contributed by atoms with Gasteiger partial charge in [0.1, 0.15) is 4.88 Å². The van der Waals surface area contributed by atoms with E-state index in [0.717, 1.165) is 35.8 Å². The standard InChI is InChI=1S/C12H14N4OS/c1-8-11(18-7-13-8)12(17)16-5-3-9(6-16)10-2-4-14-15-10/h2,4,7,9H,3,5-6H2,1H3,(H,14,15). The van der Waals surface area contributed by atoms with Crippen molar-refractivity contribution < 1.29 is 4.79 Å². The number of aromatic amines is 1. The Hall–Kier alpha value is -1.69. The highest BCUT2D eigenvalue weighted by atomic mass is 32.1. The molecule has 0 aromatic carbocycles. The molecule has 1 amide bonds. The number of carbonyl (C=O) groups excluding carboxylic acids is 1. The summed E-state index contributed by atoms with van der Waals surface area (Å²) >= 11 is 1.42. The summed E-state index contributed by atoms with van der Waals surface area (Å²) in [6.07, 6.45) is 2.75. The third kappa shape index (κ3) is 1.92. The number of hydrogen-bond donors (Lipinski definition) is 1. The molecular weight excluding hydrogens is 248 g/mol. The van der Waals surface area contributed by atoms with Gasteiger partial charge in [0.15, 0.2) is 0 Å². The number of aromatic nitrogens is 3. The zero-order valence-electron chi connectivity index (χ0n) is 10.1. The highest BCUT2D eigenvalue weighted by Crippen LogP contribution is 2.27. The minimum atomic E-state index is 0.108. The Bertz CT molecular complexity index is 548. The first-order valence-corrected chi connectivity index (χ1v) is 6.82. The summed E-state index contributed by atoms with van der Waals surface area (Å²) < 4.78 is 0. The number of nitrogens with zero attached hydrogens (tertiary/aromatic N) is 3. The molecule has 1 aliphatic heterocycles. The third-order valence-electron chi connectivity index (χ3n) is 3.38. The minimum Gasteiger partial charge on any atom is -0.337 e. The molecule has 0 aliphatic carbocycles. The Morgan fingerprint density at radius 3 is 3.17 bits per heavy atom. The van der Waals surface area contributed by atoms with E-state index in [2.05, 4.69) is 15.2 Å². The van der Waals surface area contributed by atoms with Crippen LogP contribution in [-0.4, -0.2) is 39.1 Å². The SMILES string of the molecule is Cc1ncsc1C(=O)N1CCC(c2ccn[nH]2)C1. The van der Waals surface area contributed by atoms with E-state index in [-0.39, 0.29) is 5.91 Å². The molecule has 2 aromatic heterocycles. The largest absolute Gasteiger partial charge is 0.337 e. The van der Waals surface area contributed by atoms with Gasteiger partial charge in [-0.1, -0.05) is 0 Å². The van der Waals surface area contributed by atoms with Crippen LogP contribution in [0.25, 0.3) is 0 Å². The molecule has 1 atom stereocenters. The van der Waals surface area contributed by atoms with Crippen LogP contribution in [0.2, 0.25) is 0 Å². The Morgan fingerprint density at radius 2 is 2.50 bits per heavy atom.